The minimum Gasteiger partial charge on any atom is -0.481 e. The summed E-state index contributed by atoms with van der Waals surface area (Å²) in [5, 5.41) is 14.9. The lowest BCUT2D eigenvalue weighted by atomic mass is 9.98. The first kappa shape index (κ1) is 23.4. The van der Waals surface area contributed by atoms with Gasteiger partial charge < -0.3 is 25.2 Å². The largest absolute Gasteiger partial charge is 0.481 e. The highest BCUT2D eigenvalue weighted by molar-refractivity contribution is 5.81. The molecule has 2 aromatic carbocycles. The van der Waals surface area contributed by atoms with Crippen molar-refractivity contribution in [3.8, 4) is 11.1 Å². The molecule has 0 aromatic heterocycles. The van der Waals surface area contributed by atoms with Gasteiger partial charge in [-0.15, -0.1) is 0 Å². The van der Waals surface area contributed by atoms with Gasteiger partial charge in [0.15, 0.2) is 0 Å². The molecule has 1 saturated carbocycles. The van der Waals surface area contributed by atoms with E-state index in [9.17, 15) is 14.4 Å². The Hall–Kier alpha value is -3.39. The van der Waals surface area contributed by atoms with E-state index in [1.807, 2.05) is 24.3 Å². The molecular formula is C27H30N2O6. The molecule has 0 radical (unpaired) electrons. The van der Waals surface area contributed by atoms with Gasteiger partial charge in [0.1, 0.15) is 6.61 Å². The Bertz CT molecular complexity index is 1070. The molecular weight excluding hydrogens is 448 g/mol. The first-order valence-electron chi connectivity index (χ1n) is 12.2. The van der Waals surface area contributed by atoms with E-state index < -0.39 is 18.0 Å². The molecule has 2 unspecified atom stereocenters. The van der Waals surface area contributed by atoms with Crippen LogP contribution in [0.3, 0.4) is 0 Å². The molecule has 1 saturated heterocycles. The summed E-state index contributed by atoms with van der Waals surface area (Å²) in [5.41, 5.74) is 4.65. The fourth-order valence-electron chi connectivity index (χ4n) is 5.60. The van der Waals surface area contributed by atoms with Crippen molar-refractivity contribution < 1.29 is 29.0 Å². The number of nitrogens with one attached hydrogen (secondary N) is 2. The summed E-state index contributed by atoms with van der Waals surface area (Å²) in [5.74, 6) is -1.90. The van der Waals surface area contributed by atoms with Crippen molar-refractivity contribution in [3.05, 3.63) is 59.7 Å². The normalized spacial score (nSPS) is 25.0. The molecule has 1 heterocycles. The third-order valence-electron chi connectivity index (χ3n) is 7.43. The molecule has 184 valence electrons. The molecule has 3 N–H and O–H groups in total. The Balaban J connectivity index is 1.13. The molecule has 3 aliphatic rings. The summed E-state index contributed by atoms with van der Waals surface area (Å²) in [7, 11) is 0. The maximum absolute atomic E-state index is 12.8. The lowest BCUT2D eigenvalue weighted by Gasteiger charge is -2.22. The highest BCUT2D eigenvalue weighted by Gasteiger charge is 2.36. The van der Waals surface area contributed by atoms with Gasteiger partial charge in [0.05, 0.1) is 24.5 Å². The number of rotatable bonds is 7. The molecule has 4 atom stereocenters. The van der Waals surface area contributed by atoms with Crippen molar-refractivity contribution in [2.75, 3.05) is 19.8 Å². The predicted octanol–water partition coefficient (Wildman–Crippen LogP) is 3.30. The van der Waals surface area contributed by atoms with E-state index >= 15 is 0 Å². The van der Waals surface area contributed by atoms with E-state index in [4.69, 9.17) is 14.6 Å². The number of alkyl carbamates (subject to hydrolysis) is 1. The molecule has 35 heavy (non-hydrogen) atoms. The van der Waals surface area contributed by atoms with Crippen LogP contribution >= 0.6 is 0 Å². The number of fused-ring (bicyclic) bond motifs is 3. The van der Waals surface area contributed by atoms with Gasteiger partial charge >= 0.3 is 12.1 Å². The number of carbonyl (C=O) groups is 3. The number of carboxylic acids is 1. The highest BCUT2D eigenvalue weighted by Crippen LogP contribution is 2.44. The van der Waals surface area contributed by atoms with Crippen LogP contribution in [0.15, 0.2) is 48.5 Å². The van der Waals surface area contributed by atoms with Crippen molar-refractivity contribution >= 4 is 18.0 Å². The van der Waals surface area contributed by atoms with Crippen molar-refractivity contribution in [2.24, 2.45) is 11.8 Å². The maximum Gasteiger partial charge on any atom is 0.407 e. The van der Waals surface area contributed by atoms with E-state index in [1.165, 1.54) is 11.1 Å². The summed E-state index contributed by atoms with van der Waals surface area (Å²) in [4.78, 5) is 36.5. The van der Waals surface area contributed by atoms with E-state index in [1.54, 1.807) is 0 Å². The summed E-state index contributed by atoms with van der Waals surface area (Å²) in [6, 6.07) is 16.1. The fraction of sp³-hybridized carbons (Fsp3) is 0.444. The number of carbonyl (C=O) groups excluding carboxylic acids is 2. The SMILES string of the molecule is O=C(N[C@H]1CCC[C@H]1C(=O)NCC1CC(C(=O)O)CO1)OCC1c2ccccc2-c2ccccc21. The average molecular weight is 479 g/mol. The first-order chi connectivity index (χ1) is 17.0. The van der Waals surface area contributed by atoms with Gasteiger partial charge in [-0.3, -0.25) is 9.59 Å². The van der Waals surface area contributed by atoms with Crippen LogP contribution in [0.4, 0.5) is 4.79 Å². The zero-order chi connectivity index (χ0) is 24.4. The molecule has 5 rings (SSSR count). The minimum absolute atomic E-state index is 0.0168. The van der Waals surface area contributed by atoms with Crippen molar-refractivity contribution in [1.29, 1.82) is 0 Å². The molecule has 8 nitrogen and oxygen atoms in total. The minimum atomic E-state index is -0.873. The van der Waals surface area contributed by atoms with Crippen molar-refractivity contribution in [1.82, 2.24) is 10.6 Å². The van der Waals surface area contributed by atoms with Gasteiger partial charge in [0.25, 0.3) is 0 Å². The number of hydrogen-bond donors (Lipinski definition) is 3. The van der Waals surface area contributed by atoms with Crippen molar-refractivity contribution in [2.45, 2.75) is 43.7 Å². The van der Waals surface area contributed by atoms with Gasteiger partial charge in [-0.2, -0.15) is 0 Å². The number of aliphatic carboxylic acids is 1. The number of amides is 2. The lowest BCUT2D eigenvalue weighted by Crippen LogP contribution is -2.45. The van der Waals surface area contributed by atoms with E-state index in [2.05, 4.69) is 34.9 Å². The molecule has 2 aromatic rings. The second kappa shape index (κ2) is 10.1. The zero-order valence-corrected chi connectivity index (χ0v) is 19.4. The first-order valence-corrected chi connectivity index (χ1v) is 12.2. The molecule has 2 fully saturated rings. The zero-order valence-electron chi connectivity index (χ0n) is 19.4. The maximum atomic E-state index is 12.8. The predicted molar refractivity (Wildman–Crippen MR) is 128 cm³/mol. The Morgan fingerprint density at radius 2 is 1.69 bits per heavy atom. The molecule has 8 heteroatoms. The number of benzene rings is 2. The molecule has 0 bridgehead atoms. The van der Waals surface area contributed by atoms with Gasteiger partial charge in [0, 0.05) is 18.5 Å². The van der Waals surface area contributed by atoms with Gasteiger partial charge in [0.2, 0.25) is 5.91 Å². The second-order valence-electron chi connectivity index (χ2n) is 9.59. The van der Waals surface area contributed by atoms with Gasteiger partial charge in [-0.05, 0) is 41.5 Å². The van der Waals surface area contributed by atoms with Crippen LogP contribution in [0.25, 0.3) is 11.1 Å². The highest BCUT2D eigenvalue weighted by atomic mass is 16.5. The van der Waals surface area contributed by atoms with E-state index in [-0.39, 0.29) is 49.6 Å². The van der Waals surface area contributed by atoms with Crippen LogP contribution < -0.4 is 10.6 Å². The summed E-state index contributed by atoms with van der Waals surface area (Å²) in [6.07, 6.45) is 1.82. The van der Waals surface area contributed by atoms with Crippen LogP contribution in [-0.4, -0.2) is 55.0 Å². The fourth-order valence-corrected chi connectivity index (χ4v) is 5.60. The topological polar surface area (TPSA) is 114 Å². The Morgan fingerprint density at radius 3 is 2.34 bits per heavy atom. The third kappa shape index (κ3) is 4.89. The van der Waals surface area contributed by atoms with Crippen LogP contribution in [0, 0.1) is 11.8 Å². The van der Waals surface area contributed by atoms with Crippen LogP contribution in [0.5, 0.6) is 0 Å². The smallest absolute Gasteiger partial charge is 0.407 e. The van der Waals surface area contributed by atoms with Crippen LogP contribution in [0.2, 0.25) is 0 Å². The summed E-state index contributed by atoms with van der Waals surface area (Å²) < 4.78 is 11.1. The molecule has 0 spiro atoms. The standard InChI is InChI=1S/C27H30N2O6/c30-25(28-13-17-12-16(14-34-17)26(31)32)22-10-5-11-24(22)29-27(33)35-15-23-20-8-3-1-6-18(20)19-7-2-4-9-21(19)23/h1-4,6-9,16-17,22-24H,5,10-15H2,(H,28,30)(H,29,33)(H,31,32)/t16?,17?,22-,24+/m1/s1. The van der Waals surface area contributed by atoms with Crippen LogP contribution in [-0.2, 0) is 19.1 Å². The summed E-state index contributed by atoms with van der Waals surface area (Å²) >= 11 is 0. The number of ether oxygens (including phenoxy) is 2. The average Bonchev–Trinajstić information content (AvgIpc) is 3.59. The number of carboxylic acid groups (broad SMARTS) is 1. The van der Waals surface area contributed by atoms with Crippen molar-refractivity contribution in [3.63, 3.8) is 0 Å². The lowest BCUT2D eigenvalue weighted by molar-refractivity contribution is -0.141. The summed E-state index contributed by atoms with van der Waals surface area (Å²) in [6.45, 7) is 0.676. The molecule has 1 aliphatic heterocycles. The van der Waals surface area contributed by atoms with Gasteiger partial charge in [-0.1, -0.05) is 55.0 Å². The molecule has 2 amide bonds. The molecule has 2 aliphatic carbocycles. The Labute approximate surface area is 204 Å². The monoisotopic (exact) mass is 478 g/mol. The van der Waals surface area contributed by atoms with Gasteiger partial charge in [-0.25, -0.2) is 4.79 Å². The van der Waals surface area contributed by atoms with Crippen LogP contribution in [0.1, 0.15) is 42.7 Å². The Kier molecular flexibility index (Phi) is 6.72. The quantitative estimate of drug-likeness (QED) is 0.563. The Morgan fingerprint density at radius 1 is 1.00 bits per heavy atom. The van der Waals surface area contributed by atoms with E-state index in [0.29, 0.717) is 19.3 Å². The second-order valence-corrected chi connectivity index (χ2v) is 9.59. The number of hydrogen-bond acceptors (Lipinski definition) is 5. The van der Waals surface area contributed by atoms with E-state index in [0.717, 1.165) is 17.5 Å². The third-order valence-corrected chi connectivity index (χ3v) is 7.43.